The van der Waals surface area contributed by atoms with Crippen LogP contribution in [0.3, 0.4) is 0 Å². The van der Waals surface area contributed by atoms with Crippen LogP contribution >= 0.6 is 11.6 Å². The van der Waals surface area contributed by atoms with E-state index >= 15 is 0 Å². The molecular weight excluding hydrogens is 262 g/mol. The van der Waals surface area contributed by atoms with E-state index in [0.29, 0.717) is 23.0 Å². The molecule has 0 radical (unpaired) electrons. The maximum atomic E-state index is 12.0. The van der Waals surface area contributed by atoms with Gasteiger partial charge in [0.25, 0.3) is 5.91 Å². The highest BCUT2D eigenvalue weighted by molar-refractivity contribution is 6.33. The molecule has 1 aliphatic heterocycles. The number of carbonyl (C=O) groups is 1. The molecule has 1 N–H and O–H groups in total. The number of hydrogen-bond acceptors (Lipinski definition) is 3. The van der Waals surface area contributed by atoms with Gasteiger partial charge in [0.05, 0.1) is 10.6 Å². The number of amides is 1. The van der Waals surface area contributed by atoms with E-state index in [2.05, 4.69) is 22.1 Å². The van der Waals surface area contributed by atoms with Gasteiger partial charge in [-0.2, -0.15) is 0 Å². The standard InChI is InChI=1S/C14H20ClN3O/c1-11(10-18-6-2-3-7-18)8-17-14(19)12-4-5-16-9-13(12)15/h4-5,9,11H,2-3,6-8,10H2,1H3,(H,17,19). The van der Waals surface area contributed by atoms with Crippen LogP contribution in [0.4, 0.5) is 0 Å². The normalized spacial score (nSPS) is 17.4. The number of halogens is 1. The van der Waals surface area contributed by atoms with Gasteiger partial charge in [0, 0.05) is 25.5 Å². The fourth-order valence-corrected chi connectivity index (χ4v) is 2.60. The van der Waals surface area contributed by atoms with Crippen molar-refractivity contribution in [3.63, 3.8) is 0 Å². The molecule has 1 aliphatic rings. The van der Waals surface area contributed by atoms with Gasteiger partial charge >= 0.3 is 0 Å². The van der Waals surface area contributed by atoms with Crippen molar-refractivity contribution < 1.29 is 4.79 Å². The van der Waals surface area contributed by atoms with Crippen LogP contribution in [0.25, 0.3) is 0 Å². The molecule has 0 aliphatic carbocycles. The lowest BCUT2D eigenvalue weighted by Gasteiger charge is -2.20. The molecule has 104 valence electrons. The van der Waals surface area contributed by atoms with Crippen LogP contribution in [0.15, 0.2) is 18.5 Å². The smallest absolute Gasteiger partial charge is 0.252 e. The summed E-state index contributed by atoms with van der Waals surface area (Å²) in [5.74, 6) is 0.323. The summed E-state index contributed by atoms with van der Waals surface area (Å²) in [6.07, 6.45) is 5.66. The Morgan fingerprint density at radius 2 is 2.26 bits per heavy atom. The van der Waals surface area contributed by atoms with Gasteiger partial charge in [0.1, 0.15) is 0 Å². The summed E-state index contributed by atoms with van der Waals surface area (Å²) in [4.78, 5) is 18.3. The molecule has 1 atom stereocenters. The lowest BCUT2D eigenvalue weighted by atomic mass is 10.1. The van der Waals surface area contributed by atoms with Crippen molar-refractivity contribution in [2.75, 3.05) is 26.2 Å². The number of nitrogens with one attached hydrogen (secondary N) is 1. The second kappa shape index (κ2) is 6.87. The largest absolute Gasteiger partial charge is 0.352 e. The highest BCUT2D eigenvalue weighted by Crippen LogP contribution is 2.13. The predicted molar refractivity (Wildman–Crippen MR) is 76.4 cm³/mol. The molecule has 0 aromatic carbocycles. The topological polar surface area (TPSA) is 45.2 Å². The Hall–Kier alpha value is -1.13. The van der Waals surface area contributed by atoms with Crippen LogP contribution in [0.5, 0.6) is 0 Å². The van der Waals surface area contributed by atoms with Gasteiger partial charge in [0.2, 0.25) is 0 Å². The third kappa shape index (κ3) is 4.18. The Morgan fingerprint density at radius 3 is 2.95 bits per heavy atom. The zero-order valence-corrected chi connectivity index (χ0v) is 12.0. The van der Waals surface area contributed by atoms with Crippen molar-refractivity contribution in [3.8, 4) is 0 Å². The van der Waals surface area contributed by atoms with Crippen molar-refractivity contribution in [2.24, 2.45) is 5.92 Å². The van der Waals surface area contributed by atoms with Gasteiger partial charge in [-0.1, -0.05) is 18.5 Å². The van der Waals surface area contributed by atoms with Crippen molar-refractivity contribution in [3.05, 3.63) is 29.0 Å². The summed E-state index contributed by atoms with van der Waals surface area (Å²) in [5, 5.41) is 3.33. The molecule has 2 heterocycles. The van der Waals surface area contributed by atoms with Crippen molar-refractivity contribution in [1.29, 1.82) is 0 Å². The van der Waals surface area contributed by atoms with Crippen LogP contribution in [0, 0.1) is 5.92 Å². The molecule has 5 heteroatoms. The molecule has 1 unspecified atom stereocenters. The molecule has 1 saturated heterocycles. The Kier molecular flexibility index (Phi) is 5.16. The average molecular weight is 282 g/mol. The zero-order valence-electron chi connectivity index (χ0n) is 11.2. The highest BCUT2D eigenvalue weighted by Gasteiger charge is 2.16. The summed E-state index contributed by atoms with van der Waals surface area (Å²) in [7, 11) is 0. The molecule has 0 saturated carbocycles. The van der Waals surface area contributed by atoms with Crippen LogP contribution in [-0.4, -0.2) is 42.0 Å². The minimum atomic E-state index is -0.124. The first-order valence-corrected chi connectivity index (χ1v) is 7.14. The van der Waals surface area contributed by atoms with E-state index in [1.54, 1.807) is 12.3 Å². The van der Waals surface area contributed by atoms with Crippen LogP contribution < -0.4 is 5.32 Å². The lowest BCUT2D eigenvalue weighted by molar-refractivity contribution is 0.0945. The van der Waals surface area contributed by atoms with Gasteiger partial charge in [0.15, 0.2) is 0 Å². The molecule has 0 bridgehead atoms. The summed E-state index contributed by atoms with van der Waals surface area (Å²) in [6.45, 7) is 6.26. The SMILES string of the molecule is CC(CNC(=O)c1ccncc1Cl)CN1CCCC1. The maximum Gasteiger partial charge on any atom is 0.252 e. The number of pyridine rings is 1. The van der Waals surface area contributed by atoms with Crippen molar-refractivity contribution in [2.45, 2.75) is 19.8 Å². The van der Waals surface area contributed by atoms with E-state index in [-0.39, 0.29) is 5.91 Å². The Morgan fingerprint density at radius 1 is 1.53 bits per heavy atom. The molecule has 1 aromatic rings. The van der Waals surface area contributed by atoms with Crippen LogP contribution in [0.2, 0.25) is 5.02 Å². The van der Waals surface area contributed by atoms with Crippen LogP contribution in [0.1, 0.15) is 30.1 Å². The van der Waals surface area contributed by atoms with E-state index in [0.717, 1.165) is 6.54 Å². The fraction of sp³-hybridized carbons (Fsp3) is 0.571. The minimum absolute atomic E-state index is 0.124. The number of rotatable bonds is 5. The molecule has 1 amide bonds. The Labute approximate surface area is 119 Å². The zero-order chi connectivity index (χ0) is 13.7. The number of carbonyl (C=O) groups excluding carboxylic acids is 1. The molecule has 4 nitrogen and oxygen atoms in total. The number of likely N-dealkylation sites (tertiary alicyclic amines) is 1. The fourth-order valence-electron chi connectivity index (χ4n) is 2.39. The van der Waals surface area contributed by atoms with E-state index in [9.17, 15) is 4.79 Å². The summed E-state index contributed by atoms with van der Waals surface area (Å²) >= 11 is 5.94. The van der Waals surface area contributed by atoms with Crippen molar-refractivity contribution >= 4 is 17.5 Å². The molecule has 2 rings (SSSR count). The van der Waals surface area contributed by atoms with Gasteiger partial charge in [-0.25, -0.2) is 0 Å². The quantitative estimate of drug-likeness (QED) is 0.900. The third-order valence-corrected chi connectivity index (χ3v) is 3.70. The van der Waals surface area contributed by atoms with E-state index in [4.69, 9.17) is 11.6 Å². The van der Waals surface area contributed by atoms with E-state index in [1.807, 2.05) is 0 Å². The molecule has 1 aromatic heterocycles. The number of aromatic nitrogens is 1. The molecular formula is C14H20ClN3O. The van der Waals surface area contributed by atoms with Crippen molar-refractivity contribution in [1.82, 2.24) is 15.2 Å². The van der Waals surface area contributed by atoms with Gasteiger partial charge in [-0.15, -0.1) is 0 Å². The predicted octanol–water partition coefficient (Wildman–Crippen LogP) is 2.20. The number of nitrogens with zero attached hydrogens (tertiary/aromatic N) is 2. The Balaban J connectivity index is 1.78. The first-order chi connectivity index (χ1) is 9.16. The second-order valence-corrected chi connectivity index (χ2v) is 5.59. The molecule has 0 spiro atoms. The van der Waals surface area contributed by atoms with Gasteiger partial charge in [-0.05, 0) is 37.9 Å². The monoisotopic (exact) mass is 281 g/mol. The Bertz CT molecular complexity index is 432. The second-order valence-electron chi connectivity index (χ2n) is 5.18. The minimum Gasteiger partial charge on any atom is -0.352 e. The molecule has 1 fully saturated rings. The summed E-state index contributed by atoms with van der Waals surface area (Å²) in [6, 6.07) is 1.64. The number of hydrogen-bond donors (Lipinski definition) is 1. The van der Waals surface area contributed by atoms with Crippen LogP contribution in [-0.2, 0) is 0 Å². The molecule has 19 heavy (non-hydrogen) atoms. The van der Waals surface area contributed by atoms with E-state index in [1.165, 1.54) is 32.1 Å². The summed E-state index contributed by atoms with van der Waals surface area (Å²) < 4.78 is 0. The summed E-state index contributed by atoms with van der Waals surface area (Å²) in [5.41, 5.74) is 0.491. The third-order valence-electron chi connectivity index (χ3n) is 3.40. The highest BCUT2D eigenvalue weighted by atomic mass is 35.5. The first-order valence-electron chi connectivity index (χ1n) is 6.77. The lowest BCUT2D eigenvalue weighted by Crippen LogP contribution is -2.34. The van der Waals surface area contributed by atoms with Gasteiger partial charge in [-0.3, -0.25) is 9.78 Å². The first kappa shape index (κ1) is 14.3. The van der Waals surface area contributed by atoms with E-state index < -0.39 is 0 Å². The maximum absolute atomic E-state index is 12.0. The van der Waals surface area contributed by atoms with Gasteiger partial charge < -0.3 is 10.2 Å². The average Bonchev–Trinajstić information content (AvgIpc) is 2.89.